The summed E-state index contributed by atoms with van der Waals surface area (Å²) in [6, 6.07) is 0. The van der Waals surface area contributed by atoms with Gasteiger partial charge in [0.1, 0.15) is 19.0 Å². The summed E-state index contributed by atoms with van der Waals surface area (Å²) in [6.45, 7) is -0.138. The minimum atomic E-state index is -1.11. The zero-order valence-corrected chi connectivity index (χ0v) is 19.2. The van der Waals surface area contributed by atoms with Crippen molar-refractivity contribution >= 4 is 23.4 Å². The average Bonchev–Trinajstić information content (AvgIpc) is 2.76. The number of halogens is 3. The second kappa shape index (κ2) is 9.71. The van der Waals surface area contributed by atoms with Crippen molar-refractivity contribution in [1.82, 2.24) is 10.6 Å². The van der Waals surface area contributed by atoms with Crippen LogP contribution in [-0.4, -0.2) is 64.5 Å². The molecule has 9 heteroatoms. The Bertz CT molecular complexity index is 695. The number of ether oxygens (including phenoxy) is 1. The predicted octanol–water partition coefficient (Wildman–Crippen LogP) is 3.08. The summed E-state index contributed by atoms with van der Waals surface area (Å²) in [6.07, 6.45) is 3.22. The molecule has 5 saturated carbocycles. The van der Waals surface area contributed by atoms with Gasteiger partial charge in [-0.25, -0.2) is 8.78 Å². The van der Waals surface area contributed by atoms with E-state index in [-0.39, 0.29) is 36.9 Å². The Morgan fingerprint density at radius 2 is 1.69 bits per heavy atom. The van der Waals surface area contributed by atoms with Crippen LogP contribution in [0, 0.1) is 5.92 Å². The van der Waals surface area contributed by atoms with Gasteiger partial charge >= 0.3 is 0 Å². The number of nitrogens with one attached hydrogen (secondary N) is 2. The molecule has 0 aromatic rings. The van der Waals surface area contributed by atoms with E-state index in [1.807, 2.05) is 0 Å². The van der Waals surface area contributed by atoms with E-state index in [0.29, 0.717) is 70.6 Å². The molecule has 0 heterocycles. The summed E-state index contributed by atoms with van der Waals surface area (Å²) in [7, 11) is 0. The maximum Gasteiger partial charge on any atom is 0.246 e. The van der Waals surface area contributed by atoms with Gasteiger partial charge in [-0.15, -0.1) is 11.6 Å². The molecule has 0 spiro atoms. The van der Waals surface area contributed by atoms with E-state index in [4.69, 9.17) is 16.3 Å². The highest BCUT2D eigenvalue weighted by Gasteiger charge is 2.55. The van der Waals surface area contributed by atoms with Crippen LogP contribution in [0.5, 0.6) is 0 Å². The first-order chi connectivity index (χ1) is 15.2. The first-order valence-electron chi connectivity index (χ1n) is 12.1. The number of carbonyl (C=O) groups excluding carboxylic acids is 2. The summed E-state index contributed by atoms with van der Waals surface area (Å²) in [5.74, 6) is -0.533. The van der Waals surface area contributed by atoms with Gasteiger partial charge in [-0.1, -0.05) is 0 Å². The molecule has 5 rings (SSSR count). The minimum absolute atomic E-state index is 0.0828. The third-order valence-corrected chi connectivity index (χ3v) is 8.71. The van der Waals surface area contributed by atoms with Crippen LogP contribution in [0.25, 0.3) is 0 Å². The van der Waals surface area contributed by atoms with Crippen LogP contribution in [0.2, 0.25) is 0 Å². The highest BCUT2D eigenvalue weighted by molar-refractivity contribution is 6.21. The molecule has 5 aliphatic rings. The second-order valence-electron chi connectivity index (χ2n) is 10.4. The molecule has 6 nitrogen and oxygen atoms in total. The summed E-state index contributed by atoms with van der Waals surface area (Å²) in [4.78, 5) is 25.3. The van der Waals surface area contributed by atoms with E-state index < -0.39 is 34.9 Å². The Kier molecular flexibility index (Phi) is 7.32. The number of rotatable bonds is 6. The molecule has 0 saturated heterocycles. The Balaban J connectivity index is 1.26. The summed E-state index contributed by atoms with van der Waals surface area (Å²) in [5, 5.41) is 16.6. The quantitative estimate of drug-likeness (QED) is 0.514. The lowest BCUT2D eigenvalue weighted by atomic mass is 9.59. The van der Waals surface area contributed by atoms with Gasteiger partial charge in [0.05, 0.1) is 23.1 Å². The number of alkyl halides is 3. The molecule has 0 aromatic heterocycles. The van der Waals surface area contributed by atoms with Gasteiger partial charge in [-0.3, -0.25) is 9.59 Å². The van der Waals surface area contributed by atoms with Gasteiger partial charge in [0.15, 0.2) is 0 Å². The molecular formula is C23H35ClF2N2O4. The Morgan fingerprint density at radius 3 is 2.31 bits per heavy atom. The van der Waals surface area contributed by atoms with Crippen molar-refractivity contribution in [2.24, 2.45) is 5.92 Å². The topological polar surface area (TPSA) is 87.7 Å². The van der Waals surface area contributed by atoms with Gasteiger partial charge in [0.25, 0.3) is 0 Å². The summed E-state index contributed by atoms with van der Waals surface area (Å²) < 4.78 is 32.8. The fourth-order valence-corrected chi connectivity index (χ4v) is 6.27. The van der Waals surface area contributed by atoms with Crippen molar-refractivity contribution in [3.05, 3.63) is 0 Å². The normalized spacial score (nSPS) is 44.1. The molecule has 5 aliphatic carbocycles. The van der Waals surface area contributed by atoms with Crippen LogP contribution in [0.3, 0.4) is 0 Å². The van der Waals surface area contributed by atoms with E-state index >= 15 is 0 Å². The van der Waals surface area contributed by atoms with E-state index in [9.17, 15) is 23.5 Å². The fourth-order valence-electron chi connectivity index (χ4n) is 6.04. The van der Waals surface area contributed by atoms with Crippen molar-refractivity contribution < 1.29 is 28.2 Å². The fraction of sp³-hybridized carbons (Fsp3) is 0.913. The van der Waals surface area contributed by atoms with Crippen LogP contribution >= 0.6 is 11.6 Å². The molecule has 0 aliphatic heterocycles. The summed E-state index contributed by atoms with van der Waals surface area (Å²) in [5.41, 5.74) is -1.17. The number of aliphatic hydroxyl groups is 1. The molecule has 5 fully saturated rings. The van der Waals surface area contributed by atoms with Crippen molar-refractivity contribution in [1.29, 1.82) is 0 Å². The molecule has 182 valence electrons. The third kappa shape index (κ3) is 5.22. The first-order valence-corrected chi connectivity index (χ1v) is 12.5. The number of hydrogen-bond acceptors (Lipinski definition) is 4. The zero-order valence-electron chi connectivity index (χ0n) is 18.5. The maximum atomic E-state index is 13.8. The predicted molar refractivity (Wildman–Crippen MR) is 116 cm³/mol. The molecular weight excluding hydrogens is 442 g/mol. The van der Waals surface area contributed by atoms with Crippen molar-refractivity contribution in [2.75, 3.05) is 6.61 Å². The van der Waals surface area contributed by atoms with Crippen LogP contribution in [0.4, 0.5) is 8.78 Å². The van der Waals surface area contributed by atoms with Gasteiger partial charge < -0.3 is 20.5 Å². The minimum Gasteiger partial charge on any atom is -0.391 e. The smallest absolute Gasteiger partial charge is 0.246 e. The van der Waals surface area contributed by atoms with Gasteiger partial charge in [0, 0.05) is 17.9 Å². The molecule has 2 bridgehead atoms. The van der Waals surface area contributed by atoms with E-state index in [2.05, 4.69) is 10.6 Å². The number of aliphatic hydroxyl groups excluding tert-OH is 1. The lowest BCUT2D eigenvalue weighted by molar-refractivity contribution is -0.141. The number of carbonyl (C=O) groups is 2. The molecule has 0 radical (unpaired) electrons. The van der Waals surface area contributed by atoms with Crippen LogP contribution in [-0.2, 0) is 14.3 Å². The second-order valence-corrected chi connectivity index (χ2v) is 11.0. The van der Waals surface area contributed by atoms with Crippen LogP contribution < -0.4 is 10.6 Å². The van der Waals surface area contributed by atoms with Crippen molar-refractivity contribution in [3.63, 3.8) is 0 Å². The van der Waals surface area contributed by atoms with Gasteiger partial charge in [0.2, 0.25) is 11.8 Å². The SMILES string of the molecule is O=C(COC1CCC(Cl)C(F)C1)NC12CCC(NC(=O)C3CCC(F)CC3)(CC1)[C@@H](O)C2. The molecule has 4 atom stereocenters. The highest BCUT2D eigenvalue weighted by Crippen LogP contribution is 2.47. The molecule has 32 heavy (non-hydrogen) atoms. The van der Waals surface area contributed by atoms with Crippen LogP contribution in [0.1, 0.15) is 77.0 Å². The van der Waals surface area contributed by atoms with E-state index in [1.165, 1.54) is 0 Å². The highest BCUT2D eigenvalue weighted by atomic mass is 35.5. The Hall–Kier alpha value is -0.990. The first kappa shape index (κ1) is 24.1. The number of amides is 2. The largest absolute Gasteiger partial charge is 0.391 e. The zero-order chi connectivity index (χ0) is 22.9. The van der Waals surface area contributed by atoms with Crippen LogP contribution in [0.15, 0.2) is 0 Å². The number of fused-ring (bicyclic) bond motifs is 3. The monoisotopic (exact) mass is 476 g/mol. The van der Waals surface area contributed by atoms with E-state index in [0.717, 1.165) is 0 Å². The average molecular weight is 477 g/mol. The van der Waals surface area contributed by atoms with Gasteiger partial charge in [-0.05, 0) is 70.6 Å². The molecule has 3 unspecified atom stereocenters. The van der Waals surface area contributed by atoms with Crippen molar-refractivity contribution in [3.8, 4) is 0 Å². The standard InChI is InChI=1S/C23H35ClF2N2O4/c24-17-6-5-16(11-18(17)26)32-13-20(30)27-22-7-9-23(10-8-22,19(29)12-22)28-21(31)14-1-3-15(25)4-2-14/h14-19,29H,1-13H2,(H,27,30)(H,28,31)/t14?,15?,16?,17?,18?,19-,22?,23?/m0/s1. The lowest BCUT2D eigenvalue weighted by Crippen LogP contribution is -2.70. The van der Waals surface area contributed by atoms with Gasteiger partial charge in [-0.2, -0.15) is 0 Å². The molecule has 3 N–H and O–H groups in total. The summed E-state index contributed by atoms with van der Waals surface area (Å²) >= 11 is 5.90. The van der Waals surface area contributed by atoms with E-state index in [1.54, 1.807) is 0 Å². The molecule has 2 amide bonds. The Labute approximate surface area is 193 Å². The lowest BCUT2D eigenvalue weighted by Gasteiger charge is -2.56. The molecule has 0 aromatic carbocycles. The van der Waals surface area contributed by atoms with Crippen molar-refractivity contribution in [2.45, 2.75) is 118 Å². The number of hydrogen-bond donors (Lipinski definition) is 3. The third-order valence-electron chi connectivity index (χ3n) is 8.22. The Morgan fingerprint density at radius 1 is 1.00 bits per heavy atom. The maximum absolute atomic E-state index is 13.8.